The highest BCUT2D eigenvalue weighted by atomic mass is 19.2. The Morgan fingerprint density at radius 3 is 2.61 bits per heavy atom. The average Bonchev–Trinajstić information content (AvgIpc) is 2.33. The van der Waals surface area contributed by atoms with Crippen molar-refractivity contribution >= 4 is 5.97 Å². The fraction of sp³-hybridized carbons (Fsp3) is 0.0769. The minimum atomic E-state index is -0.993. The summed E-state index contributed by atoms with van der Waals surface area (Å²) in [5.41, 5.74) is 0.869. The third kappa shape index (κ3) is 2.51. The molecule has 0 spiro atoms. The minimum absolute atomic E-state index is 0.101. The van der Waals surface area contributed by atoms with Crippen LogP contribution >= 0.6 is 0 Å². The molecule has 0 bridgehead atoms. The lowest BCUT2D eigenvalue weighted by Crippen LogP contribution is -2.02. The highest BCUT2D eigenvalue weighted by Crippen LogP contribution is 2.23. The van der Waals surface area contributed by atoms with Gasteiger partial charge in [0.15, 0.2) is 11.6 Å². The van der Waals surface area contributed by atoms with Crippen LogP contribution in [0.2, 0.25) is 0 Å². The predicted molar refractivity (Wildman–Crippen MR) is 60.9 cm³/mol. The number of rotatable bonds is 3. The molecule has 3 nitrogen and oxygen atoms in total. The van der Waals surface area contributed by atoms with Gasteiger partial charge in [-0.25, -0.2) is 8.78 Å². The molecule has 0 aliphatic rings. The van der Waals surface area contributed by atoms with E-state index in [2.05, 4.69) is 4.98 Å². The van der Waals surface area contributed by atoms with Gasteiger partial charge in [-0.05, 0) is 12.1 Å². The van der Waals surface area contributed by atoms with Crippen LogP contribution in [0.3, 0.4) is 0 Å². The number of hydrogen-bond donors (Lipinski definition) is 1. The van der Waals surface area contributed by atoms with Gasteiger partial charge in [-0.15, -0.1) is 0 Å². The summed E-state index contributed by atoms with van der Waals surface area (Å²) in [5, 5.41) is 8.58. The van der Waals surface area contributed by atoms with E-state index in [0.717, 1.165) is 6.07 Å². The Morgan fingerprint density at radius 1 is 1.22 bits per heavy atom. The molecule has 0 amide bonds. The first-order valence-corrected chi connectivity index (χ1v) is 5.19. The summed E-state index contributed by atoms with van der Waals surface area (Å²) in [6.45, 7) is 0. The molecule has 1 aromatic heterocycles. The van der Waals surface area contributed by atoms with Crippen molar-refractivity contribution in [3.8, 4) is 11.1 Å². The van der Waals surface area contributed by atoms with Crippen LogP contribution in [-0.4, -0.2) is 16.1 Å². The molecule has 2 rings (SSSR count). The first-order chi connectivity index (χ1) is 8.58. The third-order valence-electron chi connectivity index (χ3n) is 2.42. The molecule has 5 heteroatoms. The quantitative estimate of drug-likeness (QED) is 0.909. The summed E-state index contributed by atoms with van der Waals surface area (Å²) in [5.74, 6) is -2.86. The van der Waals surface area contributed by atoms with E-state index in [1.165, 1.54) is 30.5 Å². The Morgan fingerprint density at radius 2 is 2.00 bits per heavy atom. The molecule has 92 valence electrons. The molecular weight excluding hydrogens is 240 g/mol. The van der Waals surface area contributed by atoms with Crippen molar-refractivity contribution in [1.29, 1.82) is 0 Å². The van der Waals surface area contributed by atoms with Gasteiger partial charge in [0, 0.05) is 17.3 Å². The first kappa shape index (κ1) is 12.2. The second-order valence-electron chi connectivity index (χ2n) is 3.71. The van der Waals surface area contributed by atoms with Gasteiger partial charge in [0.05, 0.1) is 12.1 Å². The maximum atomic E-state index is 13.5. The standard InChI is InChI=1S/C13H9F2NO2/c14-11-3-1-2-10(13(11)15)8-4-5-9(16-7-8)6-12(17)18/h1-5,7H,6H2,(H,17,18). The lowest BCUT2D eigenvalue weighted by Gasteiger charge is -2.04. The van der Waals surface area contributed by atoms with Crippen molar-refractivity contribution in [2.75, 3.05) is 0 Å². The first-order valence-electron chi connectivity index (χ1n) is 5.19. The van der Waals surface area contributed by atoms with Gasteiger partial charge in [-0.2, -0.15) is 0 Å². The molecule has 1 heterocycles. The highest BCUT2D eigenvalue weighted by molar-refractivity contribution is 5.70. The molecule has 0 atom stereocenters. The van der Waals surface area contributed by atoms with Crippen molar-refractivity contribution in [3.05, 3.63) is 53.9 Å². The van der Waals surface area contributed by atoms with Crippen LogP contribution in [0.15, 0.2) is 36.5 Å². The Labute approximate surface area is 102 Å². The predicted octanol–water partition coefficient (Wildman–Crippen LogP) is 2.65. The van der Waals surface area contributed by atoms with Crippen LogP contribution in [0.4, 0.5) is 8.78 Å². The van der Waals surface area contributed by atoms with E-state index in [-0.39, 0.29) is 12.0 Å². The van der Waals surface area contributed by atoms with E-state index in [1.54, 1.807) is 0 Å². The lowest BCUT2D eigenvalue weighted by atomic mass is 10.1. The van der Waals surface area contributed by atoms with Gasteiger partial charge in [0.1, 0.15) is 0 Å². The highest BCUT2D eigenvalue weighted by Gasteiger charge is 2.10. The summed E-state index contributed by atoms with van der Waals surface area (Å²) >= 11 is 0. The second-order valence-corrected chi connectivity index (χ2v) is 3.71. The number of carbonyl (C=O) groups is 1. The number of aromatic nitrogens is 1. The number of halogens is 2. The maximum Gasteiger partial charge on any atom is 0.309 e. The molecule has 2 aromatic rings. The number of carboxylic acids is 1. The summed E-state index contributed by atoms with van der Waals surface area (Å²) in [6, 6.07) is 6.87. The van der Waals surface area contributed by atoms with E-state index in [4.69, 9.17) is 5.11 Å². The summed E-state index contributed by atoms with van der Waals surface area (Å²) in [4.78, 5) is 14.4. The number of carboxylic acid groups (broad SMARTS) is 1. The van der Waals surface area contributed by atoms with Gasteiger partial charge in [0.25, 0.3) is 0 Å². The molecule has 0 saturated carbocycles. The summed E-state index contributed by atoms with van der Waals surface area (Å²) in [6.07, 6.45) is 1.13. The van der Waals surface area contributed by atoms with Crippen molar-refractivity contribution < 1.29 is 18.7 Å². The van der Waals surface area contributed by atoms with E-state index in [9.17, 15) is 13.6 Å². The van der Waals surface area contributed by atoms with Gasteiger partial charge in [-0.1, -0.05) is 18.2 Å². The monoisotopic (exact) mass is 249 g/mol. The molecular formula is C13H9F2NO2. The number of nitrogens with zero attached hydrogens (tertiary/aromatic N) is 1. The molecule has 18 heavy (non-hydrogen) atoms. The van der Waals surface area contributed by atoms with Crippen LogP contribution in [0.1, 0.15) is 5.69 Å². The Bertz CT molecular complexity index is 582. The minimum Gasteiger partial charge on any atom is -0.481 e. The molecule has 0 aliphatic carbocycles. The fourth-order valence-corrected chi connectivity index (χ4v) is 1.57. The zero-order valence-corrected chi connectivity index (χ0v) is 9.23. The van der Waals surface area contributed by atoms with Crippen LogP contribution in [-0.2, 0) is 11.2 Å². The largest absolute Gasteiger partial charge is 0.481 e. The number of pyridine rings is 1. The Balaban J connectivity index is 2.34. The molecule has 0 radical (unpaired) electrons. The number of hydrogen-bond acceptors (Lipinski definition) is 2. The van der Waals surface area contributed by atoms with Crippen molar-refractivity contribution in [3.63, 3.8) is 0 Å². The van der Waals surface area contributed by atoms with Gasteiger partial charge >= 0.3 is 5.97 Å². The second kappa shape index (κ2) is 4.91. The van der Waals surface area contributed by atoms with E-state index in [0.29, 0.717) is 11.3 Å². The van der Waals surface area contributed by atoms with Gasteiger partial charge < -0.3 is 5.11 Å². The number of aliphatic carboxylic acids is 1. The number of benzene rings is 1. The van der Waals surface area contributed by atoms with Crippen LogP contribution in [0.25, 0.3) is 11.1 Å². The van der Waals surface area contributed by atoms with Crippen LogP contribution in [0.5, 0.6) is 0 Å². The van der Waals surface area contributed by atoms with Gasteiger partial charge in [-0.3, -0.25) is 9.78 Å². The van der Waals surface area contributed by atoms with Gasteiger partial charge in [0.2, 0.25) is 0 Å². The third-order valence-corrected chi connectivity index (χ3v) is 2.42. The Kier molecular flexibility index (Phi) is 3.32. The Hall–Kier alpha value is -2.30. The normalized spacial score (nSPS) is 10.3. The van der Waals surface area contributed by atoms with Crippen molar-refractivity contribution in [1.82, 2.24) is 4.98 Å². The zero-order chi connectivity index (χ0) is 13.1. The lowest BCUT2D eigenvalue weighted by molar-refractivity contribution is -0.136. The van der Waals surface area contributed by atoms with Crippen molar-refractivity contribution in [2.45, 2.75) is 6.42 Å². The smallest absolute Gasteiger partial charge is 0.309 e. The SMILES string of the molecule is O=C(O)Cc1ccc(-c2cccc(F)c2F)cn1. The van der Waals surface area contributed by atoms with Crippen molar-refractivity contribution in [2.24, 2.45) is 0 Å². The summed E-state index contributed by atoms with van der Waals surface area (Å²) in [7, 11) is 0. The molecule has 0 unspecified atom stereocenters. The fourth-order valence-electron chi connectivity index (χ4n) is 1.57. The molecule has 0 fully saturated rings. The molecule has 0 saturated heterocycles. The molecule has 1 aromatic carbocycles. The molecule has 0 aliphatic heterocycles. The molecule has 1 N–H and O–H groups in total. The maximum absolute atomic E-state index is 13.5. The van der Waals surface area contributed by atoms with E-state index >= 15 is 0 Å². The van der Waals surface area contributed by atoms with Crippen LogP contribution < -0.4 is 0 Å². The van der Waals surface area contributed by atoms with Crippen LogP contribution in [0, 0.1) is 11.6 Å². The van der Waals surface area contributed by atoms with E-state index in [1.807, 2.05) is 0 Å². The van der Waals surface area contributed by atoms with E-state index < -0.39 is 17.6 Å². The topological polar surface area (TPSA) is 50.2 Å². The summed E-state index contributed by atoms with van der Waals surface area (Å²) < 4.78 is 26.5. The average molecular weight is 249 g/mol. The zero-order valence-electron chi connectivity index (χ0n) is 9.23.